The van der Waals surface area contributed by atoms with Gasteiger partial charge >= 0.3 is 0 Å². The highest BCUT2D eigenvalue weighted by Crippen LogP contribution is 2.48. The van der Waals surface area contributed by atoms with Crippen LogP contribution >= 0.6 is 68.0 Å². The molecule has 6 aromatic heterocycles. The first-order chi connectivity index (χ1) is 19.6. The Morgan fingerprint density at radius 2 is 1.15 bits per heavy atom. The van der Waals surface area contributed by atoms with Gasteiger partial charge in [-0.25, -0.2) is 0 Å². The third-order valence-corrected chi connectivity index (χ3v) is 20.9. The molecular weight excluding hydrogens is 617 g/mol. The zero-order valence-electron chi connectivity index (χ0n) is 22.8. The molecule has 0 bridgehead atoms. The Labute approximate surface area is 262 Å². The van der Waals surface area contributed by atoms with Gasteiger partial charge in [-0.2, -0.15) is 0 Å². The second-order valence-corrected chi connectivity index (χ2v) is 21.6. The molecule has 7 heterocycles. The largest absolute Gasteiger partial charge is 0.143 e. The van der Waals surface area contributed by atoms with Crippen LogP contribution in [-0.4, -0.2) is 8.07 Å². The maximum Gasteiger partial charge on any atom is 0.130 e. The van der Waals surface area contributed by atoms with Gasteiger partial charge in [0.25, 0.3) is 0 Å². The van der Waals surface area contributed by atoms with Crippen molar-refractivity contribution >= 4 is 85.8 Å². The normalized spacial score (nSPS) is 16.1. The van der Waals surface area contributed by atoms with Crippen LogP contribution in [0.15, 0.2) is 71.4 Å². The minimum atomic E-state index is -1.77. The molecule has 0 spiro atoms. The van der Waals surface area contributed by atoms with Crippen LogP contribution in [0.4, 0.5) is 0 Å². The standard InChI is InChI=1S/C33H32S6Si/c1-3-4-5-6-7-8-19-40(2)31-21-30(28-16-14-26(37-28)24-12-10-18-35-24)38-32(31)22-20-29(39-33(22)40)27-15-13-25(36-27)23-11-9-17-34-23/h9-18,20-21H,3-8,19H2,1-2H3. The summed E-state index contributed by atoms with van der Waals surface area (Å²) in [5, 5.41) is 6.08. The van der Waals surface area contributed by atoms with Crippen molar-refractivity contribution in [2.75, 3.05) is 0 Å². The average Bonchev–Trinajstić information content (AvgIpc) is 3.78. The lowest BCUT2D eigenvalue weighted by Crippen LogP contribution is -2.50. The molecule has 0 radical (unpaired) electrons. The fraction of sp³-hybridized carbons (Fsp3) is 0.273. The molecule has 0 aliphatic carbocycles. The van der Waals surface area contributed by atoms with Gasteiger partial charge in [-0.15, -0.1) is 68.0 Å². The maximum atomic E-state index is 2.68. The van der Waals surface area contributed by atoms with Crippen molar-refractivity contribution in [1.29, 1.82) is 0 Å². The van der Waals surface area contributed by atoms with Crippen LogP contribution in [0.25, 0.3) is 49.5 Å². The van der Waals surface area contributed by atoms with Gasteiger partial charge in [0.1, 0.15) is 8.07 Å². The van der Waals surface area contributed by atoms with Crippen molar-refractivity contribution in [3.63, 3.8) is 0 Å². The summed E-state index contributed by atoms with van der Waals surface area (Å²) in [6.07, 6.45) is 8.24. The van der Waals surface area contributed by atoms with Gasteiger partial charge in [-0.3, -0.25) is 0 Å². The van der Waals surface area contributed by atoms with E-state index in [1.807, 2.05) is 45.3 Å². The lowest BCUT2D eigenvalue weighted by atomic mass is 10.1. The molecule has 6 aromatic rings. The second-order valence-electron chi connectivity index (χ2n) is 10.8. The molecule has 0 N–H and O–H groups in total. The number of hydrogen-bond donors (Lipinski definition) is 0. The van der Waals surface area contributed by atoms with Crippen LogP contribution in [0.3, 0.4) is 0 Å². The van der Waals surface area contributed by atoms with E-state index in [0.29, 0.717) is 0 Å². The zero-order chi connectivity index (χ0) is 27.1. The molecule has 0 aromatic carbocycles. The van der Waals surface area contributed by atoms with Gasteiger partial charge in [-0.1, -0.05) is 64.1 Å². The summed E-state index contributed by atoms with van der Waals surface area (Å²) in [7, 11) is -1.77. The van der Waals surface area contributed by atoms with Crippen molar-refractivity contribution in [3.05, 3.63) is 71.4 Å². The van der Waals surface area contributed by atoms with E-state index < -0.39 is 8.07 Å². The van der Waals surface area contributed by atoms with Crippen LogP contribution in [0.1, 0.15) is 45.4 Å². The van der Waals surface area contributed by atoms with Crippen molar-refractivity contribution in [2.45, 2.75) is 58.0 Å². The first kappa shape index (κ1) is 27.3. The molecule has 0 saturated carbocycles. The third-order valence-electron chi connectivity index (χ3n) is 8.06. The number of rotatable bonds is 11. The molecule has 1 aliphatic heterocycles. The molecule has 204 valence electrons. The van der Waals surface area contributed by atoms with Crippen molar-refractivity contribution < 1.29 is 0 Å². The van der Waals surface area contributed by atoms with E-state index in [1.54, 1.807) is 20.1 Å². The van der Waals surface area contributed by atoms with Crippen molar-refractivity contribution in [1.82, 2.24) is 0 Å². The Bertz CT molecular complexity index is 1590. The highest BCUT2D eigenvalue weighted by molar-refractivity contribution is 7.37. The van der Waals surface area contributed by atoms with E-state index in [2.05, 4.69) is 108 Å². The monoisotopic (exact) mass is 648 g/mol. The van der Waals surface area contributed by atoms with E-state index >= 15 is 0 Å². The highest BCUT2D eigenvalue weighted by atomic mass is 32.1. The lowest BCUT2D eigenvalue weighted by molar-refractivity contribution is 0.623. The van der Waals surface area contributed by atoms with Gasteiger partial charge in [0.2, 0.25) is 0 Å². The van der Waals surface area contributed by atoms with Crippen LogP contribution in [0.2, 0.25) is 12.6 Å². The first-order valence-electron chi connectivity index (χ1n) is 14.2. The fourth-order valence-corrected chi connectivity index (χ4v) is 18.3. The second kappa shape index (κ2) is 11.6. The summed E-state index contributed by atoms with van der Waals surface area (Å²) < 4.78 is 1.74. The van der Waals surface area contributed by atoms with E-state index in [9.17, 15) is 0 Å². The van der Waals surface area contributed by atoms with Crippen molar-refractivity contribution in [3.8, 4) is 49.5 Å². The Hall–Kier alpha value is -1.58. The Morgan fingerprint density at radius 3 is 1.75 bits per heavy atom. The molecule has 0 saturated heterocycles. The van der Waals surface area contributed by atoms with Crippen LogP contribution < -0.4 is 9.69 Å². The smallest absolute Gasteiger partial charge is 0.130 e. The summed E-state index contributed by atoms with van der Waals surface area (Å²) in [5.41, 5.74) is 1.56. The Kier molecular flexibility index (Phi) is 7.90. The summed E-state index contributed by atoms with van der Waals surface area (Å²) in [6.45, 7) is 4.99. The molecule has 0 amide bonds. The van der Waals surface area contributed by atoms with E-state index in [1.165, 1.54) is 83.6 Å². The lowest BCUT2D eigenvalue weighted by Gasteiger charge is -2.22. The fourth-order valence-electron chi connectivity index (χ4n) is 5.89. The molecular formula is C33H32S6Si. The van der Waals surface area contributed by atoms with Gasteiger partial charge in [0, 0.05) is 54.0 Å². The summed E-state index contributed by atoms with van der Waals surface area (Å²) in [5.74, 6) is 0. The number of hydrogen-bond acceptors (Lipinski definition) is 6. The summed E-state index contributed by atoms with van der Waals surface area (Å²) in [4.78, 5) is 12.9. The number of thiophene rings is 6. The molecule has 1 aliphatic rings. The van der Waals surface area contributed by atoms with Gasteiger partial charge in [0.05, 0.1) is 0 Å². The average molecular weight is 649 g/mol. The van der Waals surface area contributed by atoms with Crippen LogP contribution in [-0.2, 0) is 0 Å². The molecule has 7 rings (SSSR count). The van der Waals surface area contributed by atoms with Crippen LogP contribution in [0, 0.1) is 0 Å². The topological polar surface area (TPSA) is 0 Å². The Morgan fingerprint density at radius 1 is 0.575 bits per heavy atom. The van der Waals surface area contributed by atoms with Gasteiger partial charge < -0.3 is 0 Å². The summed E-state index contributed by atoms with van der Waals surface area (Å²) in [6, 6.07) is 24.7. The number of unbranched alkanes of at least 4 members (excludes halogenated alkanes) is 5. The van der Waals surface area contributed by atoms with E-state index in [0.717, 1.165) is 0 Å². The van der Waals surface area contributed by atoms with Gasteiger partial charge in [-0.05, 0) is 70.5 Å². The highest BCUT2D eigenvalue weighted by Gasteiger charge is 2.44. The van der Waals surface area contributed by atoms with Crippen molar-refractivity contribution in [2.24, 2.45) is 0 Å². The summed E-state index contributed by atoms with van der Waals surface area (Å²) >= 11 is 11.8. The van der Waals surface area contributed by atoms with E-state index in [4.69, 9.17) is 0 Å². The van der Waals surface area contributed by atoms with Gasteiger partial charge in [0.15, 0.2) is 0 Å². The molecule has 0 fully saturated rings. The molecule has 1 atom stereocenters. The predicted molar refractivity (Wildman–Crippen MR) is 190 cm³/mol. The minimum Gasteiger partial charge on any atom is -0.143 e. The third kappa shape index (κ3) is 5.02. The minimum absolute atomic E-state index is 1.32. The predicted octanol–water partition coefficient (Wildman–Crippen LogP) is 12.3. The molecule has 1 unspecified atom stereocenters. The Balaban J connectivity index is 1.23. The molecule has 40 heavy (non-hydrogen) atoms. The molecule has 7 heteroatoms. The first-order valence-corrected chi connectivity index (χ1v) is 21.9. The maximum absolute atomic E-state index is 2.68. The quantitative estimate of drug-likeness (QED) is 0.0968. The SMILES string of the molecule is CCCCCCCC[Si]1(C)c2cc(-c3ccc(-c4cccs4)s3)sc2-c2cc(-c3ccc(-c4cccs4)s3)sc21. The zero-order valence-corrected chi connectivity index (χ0v) is 28.7. The van der Waals surface area contributed by atoms with E-state index in [-0.39, 0.29) is 0 Å². The molecule has 0 nitrogen and oxygen atoms in total. The number of fused-ring (bicyclic) bond motifs is 3. The van der Waals surface area contributed by atoms with Crippen LogP contribution in [0.5, 0.6) is 0 Å².